The van der Waals surface area contributed by atoms with Crippen LogP contribution in [0.5, 0.6) is 5.75 Å². The Labute approximate surface area is 209 Å². The summed E-state index contributed by atoms with van der Waals surface area (Å²) >= 11 is 0.712. The van der Waals surface area contributed by atoms with Crippen molar-refractivity contribution in [3.05, 3.63) is 104 Å². The van der Waals surface area contributed by atoms with Crippen LogP contribution in [0.15, 0.2) is 76.5 Å². The number of thioether (sulfide) groups is 1. The summed E-state index contributed by atoms with van der Waals surface area (Å²) in [7, 11) is -4.34. The van der Waals surface area contributed by atoms with Crippen LogP contribution in [-0.4, -0.2) is 29.4 Å². The Bertz CT molecular complexity index is 1520. The van der Waals surface area contributed by atoms with Crippen LogP contribution in [0.3, 0.4) is 0 Å². The maximum absolute atomic E-state index is 13.9. The number of carbonyl (C=O) groups excluding carboxylic acids is 2. The van der Waals surface area contributed by atoms with Gasteiger partial charge in [-0.2, -0.15) is 8.42 Å². The molecule has 1 saturated heterocycles. The summed E-state index contributed by atoms with van der Waals surface area (Å²) < 4.78 is 44.1. The van der Waals surface area contributed by atoms with Gasteiger partial charge in [-0.05, 0) is 54.6 Å². The molecule has 0 spiro atoms. The number of hydrogen-bond donors (Lipinski definition) is 0. The third kappa shape index (κ3) is 5.29. The Morgan fingerprint density at radius 2 is 1.78 bits per heavy atom. The standard InChI is InChI=1S/C24H17FN2O7S2/c1-15-6-11-19(13-21(15)27(30)31)36(32,33)34-18-9-7-16(8-10-18)12-22-23(28)26(24(29)35-22)14-17-4-2-3-5-20(17)25/h2-13H,14H2,1H3/b22-12+. The molecule has 0 atom stereocenters. The van der Waals surface area contributed by atoms with Gasteiger partial charge in [0.1, 0.15) is 16.5 Å². The molecule has 36 heavy (non-hydrogen) atoms. The summed E-state index contributed by atoms with van der Waals surface area (Å²) in [5, 5.41) is 10.6. The van der Waals surface area contributed by atoms with Gasteiger partial charge in [0.2, 0.25) is 0 Å². The van der Waals surface area contributed by atoms with Crippen molar-refractivity contribution in [1.82, 2.24) is 4.90 Å². The smallest absolute Gasteiger partial charge is 0.339 e. The average molecular weight is 529 g/mol. The van der Waals surface area contributed by atoms with Crippen molar-refractivity contribution in [2.45, 2.75) is 18.4 Å². The number of carbonyl (C=O) groups is 2. The van der Waals surface area contributed by atoms with E-state index < -0.39 is 32.0 Å². The number of nitro benzene ring substituents is 1. The van der Waals surface area contributed by atoms with Crippen molar-refractivity contribution >= 4 is 44.8 Å². The van der Waals surface area contributed by atoms with Crippen LogP contribution in [-0.2, 0) is 21.5 Å². The summed E-state index contributed by atoms with van der Waals surface area (Å²) in [6, 6.07) is 15.0. The quantitative estimate of drug-likeness (QED) is 0.181. The molecule has 0 unspecified atom stereocenters. The van der Waals surface area contributed by atoms with Crippen molar-refractivity contribution < 1.29 is 31.5 Å². The molecule has 12 heteroatoms. The monoisotopic (exact) mass is 528 g/mol. The fourth-order valence-corrected chi connectivity index (χ4v) is 5.11. The SMILES string of the molecule is Cc1ccc(S(=O)(=O)Oc2ccc(/C=C3/SC(=O)N(Cc4ccccc4F)C3=O)cc2)cc1[N+](=O)[O-]. The van der Waals surface area contributed by atoms with Gasteiger partial charge in [0.25, 0.3) is 16.8 Å². The van der Waals surface area contributed by atoms with Gasteiger partial charge in [0.05, 0.1) is 16.4 Å². The van der Waals surface area contributed by atoms with E-state index >= 15 is 0 Å². The number of hydrogen-bond acceptors (Lipinski definition) is 8. The van der Waals surface area contributed by atoms with Crippen molar-refractivity contribution in [1.29, 1.82) is 0 Å². The van der Waals surface area contributed by atoms with E-state index in [9.17, 15) is 32.5 Å². The predicted molar refractivity (Wildman–Crippen MR) is 130 cm³/mol. The third-order valence-electron chi connectivity index (χ3n) is 5.21. The van der Waals surface area contributed by atoms with E-state index in [1.54, 1.807) is 6.07 Å². The lowest BCUT2D eigenvalue weighted by Gasteiger charge is -2.12. The lowest BCUT2D eigenvalue weighted by Crippen LogP contribution is -2.27. The highest BCUT2D eigenvalue weighted by molar-refractivity contribution is 8.18. The van der Waals surface area contributed by atoms with Crippen LogP contribution in [0.25, 0.3) is 6.08 Å². The Morgan fingerprint density at radius 1 is 1.08 bits per heavy atom. The first kappa shape index (κ1) is 25.1. The fraction of sp³-hybridized carbons (Fsp3) is 0.0833. The first-order chi connectivity index (χ1) is 17.0. The van der Waals surface area contributed by atoms with Crippen molar-refractivity contribution in [3.8, 4) is 5.75 Å². The predicted octanol–water partition coefficient (Wildman–Crippen LogP) is 5.05. The number of benzene rings is 3. The minimum Gasteiger partial charge on any atom is -0.379 e. The zero-order chi connectivity index (χ0) is 26.0. The van der Waals surface area contributed by atoms with Crippen molar-refractivity contribution in [2.75, 3.05) is 0 Å². The lowest BCUT2D eigenvalue weighted by molar-refractivity contribution is -0.385. The van der Waals surface area contributed by atoms with Gasteiger partial charge in [-0.25, -0.2) is 4.39 Å². The number of amides is 2. The van der Waals surface area contributed by atoms with Gasteiger partial charge < -0.3 is 4.18 Å². The Balaban J connectivity index is 1.49. The molecule has 184 valence electrons. The van der Waals surface area contributed by atoms with Crippen LogP contribution in [0.1, 0.15) is 16.7 Å². The van der Waals surface area contributed by atoms with Crippen LogP contribution >= 0.6 is 11.8 Å². The van der Waals surface area contributed by atoms with E-state index in [1.165, 1.54) is 67.6 Å². The van der Waals surface area contributed by atoms with E-state index in [0.717, 1.165) is 11.0 Å². The zero-order valence-corrected chi connectivity index (χ0v) is 20.2. The third-order valence-corrected chi connectivity index (χ3v) is 7.36. The molecule has 0 N–H and O–H groups in total. The second kappa shape index (κ2) is 9.91. The average Bonchev–Trinajstić information content (AvgIpc) is 3.08. The maximum atomic E-state index is 13.9. The van der Waals surface area contributed by atoms with Gasteiger partial charge in [-0.3, -0.25) is 24.6 Å². The summed E-state index contributed by atoms with van der Waals surface area (Å²) in [6.07, 6.45) is 1.45. The van der Waals surface area contributed by atoms with Crippen molar-refractivity contribution in [3.63, 3.8) is 0 Å². The van der Waals surface area contributed by atoms with Crippen molar-refractivity contribution in [2.24, 2.45) is 0 Å². The molecular formula is C24H17FN2O7S2. The molecule has 2 amide bonds. The molecule has 1 heterocycles. The van der Waals surface area contributed by atoms with Crippen LogP contribution in [0, 0.1) is 22.9 Å². The number of imide groups is 1. The summed E-state index contributed by atoms with van der Waals surface area (Å²) in [4.78, 5) is 36.1. The molecule has 0 bridgehead atoms. The van der Waals surface area contributed by atoms with Gasteiger partial charge in [0, 0.05) is 17.2 Å². The molecule has 1 fully saturated rings. The van der Waals surface area contributed by atoms with E-state index in [-0.39, 0.29) is 33.3 Å². The molecule has 4 rings (SSSR count). The first-order valence-electron chi connectivity index (χ1n) is 10.3. The normalized spacial score (nSPS) is 14.9. The van der Waals surface area contributed by atoms with Gasteiger partial charge in [0.15, 0.2) is 0 Å². The minimum atomic E-state index is -4.34. The highest BCUT2D eigenvalue weighted by Gasteiger charge is 2.35. The summed E-state index contributed by atoms with van der Waals surface area (Å²) in [5.41, 5.74) is 0.658. The minimum absolute atomic E-state index is 0.0527. The molecule has 0 aliphatic carbocycles. The van der Waals surface area contributed by atoms with E-state index in [0.29, 0.717) is 22.9 Å². The molecule has 0 radical (unpaired) electrons. The fourth-order valence-electron chi connectivity index (χ4n) is 3.32. The molecule has 3 aromatic rings. The highest BCUT2D eigenvalue weighted by atomic mass is 32.2. The zero-order valence-electron chi connectivity index (χ0n) is 18.6. The Kier molecular flexibility index (Phi) is 6.91. The molecule has 0 saturated carbocycles. The first-order valence-corrected chi connectivity index (χ1v) is 12.6. The molecule has 1 aliphatic rings. The van der Waals surface area contributed by atoms with Gasteiger partial charge in [-0.15, -0.1) is 0 Å². The van der Waals surface area contributed by atoms with Gasteiger partial charge in [-0.1, -0.05) is 36.4 Å². The van der Waals surface area contributed by atoms with Crippen LogP contribution in [0.4, 0.5) is 14.9 Å². The Morgan fingerprint density at radius 3 is 2.44 bits per heavy atom. The lowest BCUT2D eigenvalue weighted by atomic mass is 10.2. The number of nitrogens with zero attached hydrogens (tertiary/aromatic N) is 2. The number of aryl methyl sites for hydroxylation is 1. The van der Waals surface area contributed by atoms with Crippen LogP contribution in [0.2, 0.25) is 0 Å². The number of nitro groups is 1. The number of halogens is 1. The summed E-state index contributed by atoms with van der Waals surface area (Å²) in [6.45, 7) is 1.29. The molecule has 3 aromatic carbocycles. The van der Waals surface area contributed by atoms with Gasteiger partial charge >= 0.3 is 10.1 Å². The Hall–Kier alpha value is -4.03. The second-order valence-corrected chi connectivity index (χ2v) is 10.2. The van der Waals surface area contributed by atoms with E-state index in [4.69, 9.17) is 4.18 Å². The molecular weight excluding hydrogens is 511 g/mol. The summed E-state index contributed by atoms with van der Waals surface area (Å²) in [5.74, 6) is -1.15. The highest BCUT2D eigenvalue weighted by Crippen LogP contribution is 2.34. The van der Waals surface area contributed by atoms with E-state index in [1.807, 2.05) is 0 Å². The topological polar surface area (TPSA) is 124 Å². The maximum Gasteiger partial charge on any atom is 0.339 e. The molecule has 9 nitrogen and oxygen atoms in total. The largest absolute Gasteiger partial charge is 0.379 e. The second-order valence-electron chi connectivity index (χ2n) is 7.67. The van der Waals surface area contributed by atoms with Crippen LogP contribution < -0.4 is 4.18 Å². The molecule has 1 aliphatic heterocycles. The number of rotatable bonds is 7. The molecule has 0 aromatic heterocycles. The van der Waals surface area contributed by atoms with E-state index in [2.05, 4.69) is 0 Å².